The molecule has 1 atom stereocenters. The summed E-state index contributed by atoms with van der Waals surface area (Å²) in [5.74, 6) is -0.803. The second-order valence-corrected chi connectivity index (χ2v) is 12.2. The Bertz CT molecular complexity index is 1640. The van der Waals surface area contributed by atoms with Crippen molar-refractivity contribution in [2.24, 2.45) is 0 Å². The predicted molar refractivity (Wildman–Crippen MR) is 141 cm³/mol. The van der Waals surface area contributed by atoms with Crippen LogP contribution in [0, 0.1) is 13.8 Å². The molecule has 0 saturated carbocycles. The molecule has 1 heterocycles. The summed E-state index contributed by atoms with van der Waals surface area (Å²) >= 11 is 0. The van der Waals surface area contributed by atoms with Gasteiger partial charge in [-0.1, -0.05) is 53.6 Å². The van der Waals surface area contributed by atoms with Crippen LogP contribution in [0.15, 0.2) is 88.7 Å². The van der Waals surface area contributed by atoms with Crippen LogP contribution in [0.4, 0.5) is 0 Å². The Morgan fingerprint density at radius 3 is 2.03 bits per heavy atom. The normalized spacial score (nSPS) is 12.9. The number of sulfonamides is 1. The number of hydrogen-bond donors (Lipinski definition) is 1. The number of carbonyl (C=O) groups excluding carboxylic acids is 1. The summed E-state index contributed by atoms with van der Waals surface area (Å²) in [5.41, 5.74) is 2.45. The molecule has 10 heteroatoms. The number of nitrogens with one attached hydrogen (secondary N) is 1. The van der Waals surface area contributed by atoms with E-state index >= 15 is 0 Å². The Labute approximate surface area is 217 Å². The van der Waals surface area contributed by atoms with E-state index in [9.17, 15) is 21.6 Å². The Morgan fingerprint density at radius 1 is 0.865 bits per heavy atom. The van der Waals surface area contributed by atoms with E-state index in [-0.39, 0.29) is 28.5 Å². The van der Waals surface area contributed by atoms with Gasteiger partial charge in [-0.2, -0.15) is 4.72 Å². The minimum absolute atomic E-state index is 0.0137. The summed E-state index contributed by atoms with van der Waals surface area (Å²) in [6, 6.07) is 19.8. The second kappa shape index (κ2) is 10.5. The highest BCUT2D eigenvalue weighted by molar-refractivity contribution is 7.90. The molecule has 1 N–H and O–H groups in total. The van der Waals surface area contributed by atoms with E-state index < -0.39 is 32.1 Å². The highest BCUT2D eigenvalue weighted by atomic mass is 32.2. The van der Waals surface area contributed by atoms with Crippen molar-refractivity contribution in [1.82, 2.24) is 8.69 Å². The number of aromatic nitrogens is 1. The van der Waals surface area contributed by atoms with Crippen LogP contribution in [-0.2, 0) is 36.0 Å². The zero-order chi connectivity index (χ0) is 26.8. The van der Waals surface area contributed by atoms with Crippen molar-refractivity contribution in [2.75, 3.05) is 6.61 Å². The molecule has 0 amide bonds. The summed E-state index contributed by atoms with van der Waals surface area (Å²) in [4.78, 5) is 13.0. The molecule has 0 spiro atoms. The summed E-state index contributed by atoms with van der Waals surface area (Å²) in [7, 11) is -8.17. The topological polar surface area (TPSA) is 112 Å². The predicted octanol–water partition coefficient (Wildman–Crippen LogP) is 3.95. The van der Waals surface area contributed by atoms with Crippen LogP contribution in [0.25, 0.3) is 10.9 Å². The lowest BCUT2D eigenvalue weighted by atomic mass is 10.1. The zero-order valence-corrected chi connectivity index (χ0v) is 22.3. The third-order valence-corrected chi connectivity index (χ3v) is 9.18. The van der Waals surface area contributed by atoms with Crippen molar-refractivity contribution < 1.29 is 26.4 Å². The van der Waals surface area contributed by atoms with E-state index in [1.54, 1.807) is 61.5 Å². The number of esters is 1. The van der Waals surface area contributed by atoms with Gasteiger partial charge in [0.05, 0.1) is 21.9 Å². The first kappa shape index (κ1) is 26.6. The largest absolute Gasteiger partial charge is 0.465 e. The number of fused-ring (bicyclic) bond motifs is 1. The third-order valence-electron chi connectivity index (χ3n) is 5.91. The monoisotopic (exact) mass is 540 g/mol. The van der Waals surface area contributed by atoms with Crippen LogP contribution in [-0.4, -0.2) is 39.4 Å². The van der Waals surface area contributed by atoms with E-state index in [0.29, 0.717) is 10.9 Å². The minimum Gasteiger partial charge on any atom is -0.465 e. The summed E-state index contributed by atoms with van der Waals surface area (Å²) in [6.45, 7) is 5.34. The molecule has 0 unspecified atom stereocenters. The van der Waals surface area contributed by atoms with Gasteiger partial charge in [0, 0.05) is 17.5 Å². The van der Waals surface area contributed by atoms with Gasteiger partial charge in [-0.25, -0.2) is 20.8 Å². The van der Waals surface area contributed by atoms with Gasteiger partial charge in [-0.05, 0) is 57.2 Å². The van der Waals surface area contributed by atoms with Gasteiger partial charge in [0.1, 0.15) is 6.04 Å². The Balaban J connectivity index is 1.80. The van der Waals surface area contributed by atoms with Crippen LogP contribution in [0.5, 0.6) is 0 Å². The molecule has 194 valence electrons. The van der Waals surface area contributed by atoms with Crippen molar-refractivity contribution in [2.45, 2.75) is 43.0 Å². The van der Waals surface area contributed by atoms with Crippen LogP contribution >= 0.6 is 0 Å². The average molecular weight is 541 g/mol. The lowest BCUT2D eigenvalue weighted by Crippen LogP contribution is -2.43. The van der Waals surface area contributed by atoms with Gasteiger partial charge in [-0.15, -0.1) is 0 Å². The maximum atomic E-state index is 13.8. The van der Waals surface area contributed by atoms with E-state index in [2.05, 4.69) is 4.72 Å². The van der Waals surface area contributed by atoms with Crippen LogP contribution in [0.3, 0.4) is 0 Å². The van der Waals surface area contributed by atoms with E-state index in [4.69, 9.17) is 4.74 Å². The Hall–Kier alpha value is -3.47. The molecule has 3 aromatic carbocycles. The van der Waals surface area contributed by atoms with Gasteiger partial charge in [0.2, 0.25) is 10.0 Å². The fraction of sp³-hybridized carbons (Fsp3) is 0.222. The molecule has 0 aliphatic rings. The number of rotatable bonds is 9. The number of para-hydroxylation sites is 1. The van der Waals surface area contributed by atoms with Crippen molar-refractivity contribution in [3.8, 4) is 0 Å². The van der Waals surface area contributed by atoms with Crippen molar-refractivity contribution in [1.29, 1.82) is 0 Å². The molecule has 37 heavy (non-hydrogen) atoms. The summed E-state index contributed by atoms with van der Waals surface area (Å²) < 4.78 is 62.5. The molecule has 0 fully saturated rings. The Kier molecular flexibility index (Phi) is 7.54. The van der Waals surface area contributed by atoms with Gasteiger partial charge in [0.15, 0.2) is 0 Å². The van der Waals surface area contributed by atoms with Gasteiger partial charge in [0.25, 0.3) is 10.0 Å². The molecule has 0 bridgehead atoms. The average Bonchev–Trinajstić information content (AvgIpc) is 3.23. The van der Waals surface area contributed by atoms with Crippen molar-refractivity contribution in [3.63, 3.8) is 0 Å². The molecule has 0 saturated heterocycles. The number of benzene rings is 3. The lowest BCUT2D eigenvalue weighted by Gasteiger charge is -2.19. The Morgan fingerprint density at radius 2 is 1.43 bits per heavy atom. The first-order valence-electron chi connectivity index (χ1n) is 11.7. The summed E-state index contributed by atoms with van der Waals surface area (Å²) in [6.07, 6.45) is -0.246. The van der Waals surface area contributed by atoms with Crippen LogP contribution < -0.4 is 4.72 Å². The molecule has 0 aliphatic heterocycles. The highest BCUT2D eigenvalue weighted by Crippen LogP contribution is 2.27. The quantitative estimate of drug-likeness (QED) is 0.322. The standard InChI is InChI=1S/C27H28N2O6S2/c1-4-35-27(30)25(28-36(31,32)23-13-9-19(2)10-14-23)18-22-17-21-7-5-6-8-26(21)29(22)37(33,34)24-15-11-20(3)12-16-24/h5-17,25,28H,4,18H2,1-3H3/t25-/m0/s1. The molecule has 8 nitrogen and oxygen atoms in total. The number of aryl methyl sites for hydroxylation is 2. The maximum Gasteiger partial charge on any atom is 0.324 e. The number of carbonyl (C=O) groups is 1. The number of nitrogens with zero attached hydrogens (tertiary/aromatic N) is 1. The van der Waals surface area contributed by atoms with E-state index in [0.717, 1.165) is 11.1 Å². The fourth-order valence-electron chi connectivity index (χ4n) is 4.03. The molecular formula is C27H28N2O6S2. The van der Waals surface area contributed by atoms with E-state index in [1.807, 2.05) is 13.8 Å². The molecule has 4 rings (SSSR count). The highest BCUT2D eigenvalue weighted by Gasteiger charge is 2.31. The molecule has 4 aromatic rings. The van der Waals surface area contributed by atoms with Crippen molar-refractivity contribution in [3.05, 3.63) is 95.7 Å². The van der Waals surface area contributed by atoms with Crippen LogP contribution in [0.2, 0.25) is 0 Å². The first-order valence-corrected chi connectivity index (χ1v) is 14.6. The first-order chi connectivity index (χ1) is 17.5. The third kappa shape index (κ3) is 5.61. The zero-order valence-electron chi connectivity index (χ0n) is 20.7. The van der Waals surface area contributed by atoms with Gasteiger partial charge >= 0.3 is 5.97 Å². The molecular weight excluding hydrogens is 512 g/mol. The maximum absolute atomic E-state index is 13.8. The lowest BCUT2D eigenvalue weighted by molar-refractivity contribution is -0.145. The molecule has 0 aliphatic carbocycles. The summed E-state index contributed by atoms with van der Waals surface area (Å²) in [5, 5.41) is 0.636. The SMILES string of the molecule is CCOC(=O)[C@H](Cc1cc2ccccc2n1S(=O)(=O)c1ccc(C)cc1)NS(=O)(=O)c1ccc(C)cc1. The second-order valence-electron chi connectivity index (χ2n) is 8.72. The van der Waals surface area contributed by atoms with Crippen molar-refractivity contribution >= 4 is 36.9 Å². The van der Waals surface area contributed by atoms with E-state index in [1.165, 1.54) is 28.2 Å². The molecule has 1 aromatic heterocycles. The van der Waals surface area contributed by atoms with Crippen LogP contribution in [0.1, 0.15) is 23.7 Å². The number of hydrogen-bond acceptors (Lipinski definition) is 6. The minimum atomic E-state index is -4.10. The molecule has 0 radical (unpaired) electrons. The fourth-order valence-corrected chi connectivity index (χ4v) is 6.76. The number of ether oxygens (including phenoxy) is 1. The van der Waals surface area contributed by atoms with Gasteiger partial charge < -0.3 is 4.74 Å². The smallest absolute Gasteiger partial charge is 0.324 e. The van der Waals surface area contributed by atoms with Gasteiger partial charge in [-0.3, -0.25) is 4.79 Å².